The van der Waals surface area contributed by atoms with Crippen molar-refractivity contribution in [2.45, 2.75) is 64.5 Å². The molecule has 0 unspecified atom stereocenters. The highest BCUT2D eigenvalue weighted by atomic mass is 15.3. The Morgan fingerprint density at radius 3 is 2.39 bits per heavy atom. The van der Waals surface area contributed by atoms with Crippen molar-refractivity contribution in [2.24, 2.45) is 0 Å². The molecule has 0 amide bonds. The van der Waals surface area contributed by atoms with E-state index in [1.54, 1.807) is 0 Å². The standard InChI is InChI=1S/C22H26N6/c1-14-11-15(2)25-21(24-14)16-7-9-17(10-8-16)22-27-26-20-13-23-12-18-5-3-4-6-19(18)28(20)22/h3-6,11,16-17,23H,7-10,12-13H2,1-2H3. The Hall–Kier alpha value is -2.60. The summed E-state index contributed by atoms with van der Waals surface area (Å²) in [5, 5.41) is 12.6. The topological polar surface area (TPSA) is 68.5 Å². The largest absolute Gasteiger partial charge is 0.306 e. The lowest BCUT2D eigenvalue weighted by atomic mass is 9.81. The zero-order valence-corrected chi connectivity index (χ0v) is 16.5. The lowest BCUT2D eigenvalue weighted by molar-refractivity contribution is 0.371. The van der Waals surface area contributed by atoms with E-state index in [1.165, 1.54) is 11.3 Å². The first-order valence-corrected chi connectivity index (χ1v) is 10.2. The third kappa shape index (κ3) is 3.11. The maximum atomic E-state index is 4.71. The second-order valence-corrected chi connectivity index (χ2v) is 8.10. The fourth-order valence-corrected chi connectivity index (χ4v) is 4.70. The number of hydrogen-bond acceptors (Lipinski definition) is 5. The Bertz CT molecular complexity index is 980. The van der Waals surface area contributed by atoms with E-state index in [0.717, 1.165) is 67.6 Å². The molecule has 3 heterocycles. The molecule has 0 spiro atoms. The minimum Gasteiger partial charge on any atom is -0.306 e. The number of aromatic nitrogens is 5. The van der Waals surface area contributed by atoms with Crippen LogP contribution in [0.2, 0.25) is 0 Å². The molecule has 0 radical (unpaired) electrons. The van der Waals surface area contributed by atoms with Crippen LogP contribution in [0, 0.1) is 13.8 Å². The maximum Gasteiger partial charge on any atom is 0.151 e. The van der Waals surface area contributed by atoms with Gasteiger partial charge in [0.05, 0.1) is 12.2 Å². The van der Waals surface area contributed by atoms with Crippen LogP contribution in [0.3, 0.4) is 0 Å². The van der Waals surface area contributed by atoms with Crippen LogP contribution < -0.4 is 5.32 Å². The number of fused-ring (bicyclic) bond motifs is 3. The van der Waals surface area contributed by atoms with Gasteiger partial charge in [-0.3, -0.25) is 4.57 Å². The van der Waals surface area contributed by atoms with Gasteiger partial charge in [0, 0.05) is 29.8 Å². The molecule has 0 atom stereocenters. The predicted molar refractivity (Wildman–Crippen MR) is 107 cm³/mol. The molecule has 0 saturated heterocycles. The Morgan fingerprint density at radius 2 is 1.61 bits per heavy atom. The molecule has 2 aromatic heterocycles. The van der Waals surface area contributed by atoms with E-state index in [2.05, 4.69) is 58.2 Å². The molecule has 5 rings (SSSR count). The molecule has 6 nitrogen and oxygen atoms in total. The van der Waals surface area contributed by atoms with E-state index >= 15 is 0 Å². The van der Waals surface area contributed by atoms with Gasteiger partial charge in [-0.15, -0.1) is 10.2 Å². The van der Waals surface area contributed by atoms with Gasteiger partial charge in [0.15, 0.2) is 5.82 Å². The second kappa shape index (κ2) is 7.09. The van der Waals surface area contributed by atoms with Crippen molar-refractivity contribution in [3.8, 4) is 5.69 Å². The first-order valence-electron chi connectivity index (χ1n) is 10.2. The smallest absolute Gasteiger partial charge is 0.151 e. The summed E-state index contributed by atoms with van der Waals surface area (Å²) in [4.78, 5) is 9.41. The molecule has 0 bridgehead atoms. The zero-order chi connectivity index (χ0) is 19.1. The molecular formula is C22H26N6. The lowest BCUT2D eigenvalue weighted by Gasteiger charge is -2.28. The fraction of sp³-hybridized carbons (Fsp3) is 0.455. The number of nitrogens with one attached hydrogen (secondary N) is 1. The van der Waals surface area contributed by atoms with E-state index in [-0.39, 0.29) is 0 Å². The molecule has 28 heavy (non-hydrogen) atoms. The SMILES string of the molecule is Cc1cc(C)nc(C2CCC(c3nnc4n3-c3ccccc3CNC4)CC2)n1. The van der Waals surface area contributed by atoms with E-state index < -0.39 is 0 Å². The van der Waals surface area contributed by atoms with Gasteiger partial charge in [0.2, 0.25) is 0 Å². The first-order chi connectivity index (χ1) is 13.7. The third-order valence-corrected chi connectivity index (χ3v) is 6.04. The van der Waals surface area contributed by atoms with Crippen molar-refractivity contribution in [3.05, 3.63) is 64.8 Å². The van der Waals surface area contributed by atoms with Crippen molar-refractivity contribution < 1.29 is 0 Å². The first kappa shape index (κ1) is 17.5. The monoisotopic (exact) mass is 374 g/mol. The fourth-order valence-electron chi connectivity index (χ4n) is 4.70. The molecule has 2 aliphatic rings. The van der Waals surface area contributed by atoms with Crippen molar-refractivity contribution in [3.63, 3.8) is 0 Å². The molecule has 1 aliphatic carbocycles. The predicted octanol–water partition coefficient (Wildman–Crippen LogP) is 3.72. The minimum atomic E-state index is 0.439. The van der Waals surface area contributed by atoms with E-state index in [1.807, 2.05) is 6.07 Å². The van der Waals surface area contributed by atoms with Crippen molar-refractivity contribution in [2.75, 3.05) is 0 Å². The van der Waals surface area contributed by atoms with Gasteiger partial charge in [0.25, 0.3) is 0 Å². The van der Waals surface area contributed by atoms with Gasteiger partial charge >= 0.3 is 0 Å². The maximum absolute atomic E-state index is 4.71. The highest BCUT2D eigenvalue weighted by Gasteiger charge is 2.30. The number of nitrogens with zero attached hydrogens (tertiary/aromatic N) is 5. The van der Waals surface area contributed by atoms with Crippen molar-refractivity contribution in [1.29, 1.82) is 0 Å². The summed E-state index contributed by atoms with van der Waals surface area (Å²) >= 11 is 0. The summed E-state index contributed by atoms with van der Waals surface area (Å²) in [5.41, 5.74) is 4.66. The Morgan fingerprint density at radius 1 is 0.893 bits per heavy atom. The van der Waals surface area contributed by atoms with E-state index in [4.69, 9.17) is 9.97 Å². The normalized spacial score (nSPS) is 21.6. The molecular weight excluding hydrogens is 348 g/mol. The number of aryl methyl sites for hydroxylation is 2. The van der Waals surface area contributed by atoms with Crippen LogP contribution >= 0.6 is 0 Å². The summed E-state index contributed by atoms with van der Waals surface area (Å²) in [6, 6.07) is 10.6. The highest BCUT2D eigenvalue weighted by Crippen LogP contribution is 2.40. The molecule has 1 saturated carbocycles. The Balaban J connectivity index is 1.41. The van der Waals surface area contributed by atoms with Crippen molar-refractivity contribution in [1.82, 2.24) is 30.0 Å². The molecule has 1 aliphatic heterocycles. The van der Waals surface area contributed by atoms with Crippen LogP contribution in [-0.2, 0) is 13.1 Å². The second-order valence-electron chi connectivity index (χ2n) is 8.10. The van der Waals surface area contributed by atoms with Gasteiger partial charge in [-0.1, -0.05) is 18.2 Å². The molecule has 3 aromatic rings. The minimum absolute atomic E-state index is 0.439. The van der Waals surface area contributed by atoms with Gasteiger partial charge in [0.1, 0.15) is 11.6 Å². The van der Waals surface area contributed by atoms with Crippen LogP contribution in [0.1, 0.15) is 71.9 Å². The molecule has 1 fully saturated rings. The van der Waals surface area contributed by atoms with Crippen molar-refractivity contribution >= 4 is 0 Å². The number of hydrogen-bond donors (Lipinski definition) is 1. The number of rotatable bonds is 2. The van der Waals surface area contributed by atoms with Crippen LogP contribution in [0.5, 0.6) is 0 Å². The van der Waals surface area contributed by atoms with Gasteiger partial charge < -0.3 is 5.32 Å². The third-order valence-electron chi connectivity index (χ3n) is 6.04. The number of para-hydroxylation sites is 1. The number of benzene rings is 1. The van der Waals surface area contributed by atoms with Gasteiger partial charge in [-0.2, -0.15) is 0 Å². The summed E-state index contributed by atoms with van der Waals surface area (Å²) in [6.45, 7) is 5.74. The summed E-state index contributed by atoms with van der Waals surface area (Å²) in [7, 11) is 0. The molecule has 6 heteroatoms. The molecule has 1 N–H and O–H groups in total. The zero-order valence-electron chi connectivity index (χ0n) is 16.5. The van der Waals surface area contributed by atoms with Crippen LogP contribution in [-0.4, -0.2) is 24.7 Å². The molecule has 144 valence electrons. The van der Waals surface area contributed by atoms with Gasteiger partial charge in [-0.05, 0) is 57.2 Å². The average molecular weight is 374 g/mol. The van der Waals surface area contributed by atoms with Gasteiger partial charge in [-0.25, -0.2) is 9.97 Å². The Labute approximate surface area is 165 Å². The summed E-state index contributed by atoms with van der Waals surface area (Å²) < 4.78 is 2.30. The van der Waals surface area contributed by atoms with E-state index in [0.29, 0.717) is 11.8 Å². The quantitative estimate of drug-likeness (QED) is 0.740. The molecule has 1 aromatic carbocycles. The summed E-state index contributed by atoms with van der Waals surface area (Å²) in [5.74, 6) is 4.04. The average Bonchev–Trinajstić information content (AvgIpc) is 3.03. The van der Waals surface area contributed by atoms with E-state index in [9.17, 15) is 0 Å². The Kier molecular flexibility index (Phi) is 4.43. The van der Waals surface area contributed by atoms with Crippen LogP contribution in [0.25, 0.3) is 5.69 Å². The van der Waals surface area contributed by atoms with Crippen LogP contribution in [0.15, 0.2) is 30.3 Å². The highest BCUT2D eigenvalue weighted by molar-refractivity contribution is 5.44. The lowest BCUT2D eigenvalue weighted by Crippen LogP contribution is -2.18. The summed E-state index contributed by atoms with van der Waals surface area (Å²) in [6.07, 6.45) is 4.43. The van der Waals surface area contributed by atoms with Crippen LogP contribution in [0.4, 0.5) is 0 Å².